The van der Waals surface area contributed by atoms with Crippen LogP contribution in [0.4, 0.5) is 0 Å². The van der Waals surface area contributed by atoms with Crippen LogP contribution in [-0.2, 0) is 0 Å². The van der Waals surface area contributed by atoms with Crippen LogP contribution < -0.4 is 0 Å². The summed E-state index contributed by atoms with van der Waals surface area (Å²) >= 11 is 4.49. The van der Waals surface area contributed by atoms with E-state index >= 15 is 0 Å². The van der Waals surface area contributed by atoms with Gasteiger partial charge in [-0.15, -0.1) is 30.1 Å². The molecule has 0 spiro atoms. The molecule has 1 rings (SSSR count). The second-order valence-electron chi connectivity index (χ2n) is 8.13. The normalized spacial score (nSPS) is 20.6. The molecule has 0 amide bonds. The van der Waals surface area contributed by atoms with Gasteiger partial charge >= 0.3 is 0 Å². The molecule has 0 aromatic heterocycles. The van der Waals surface area contributed by atoms with E-state index in [0.29, 0.717) is 21.3 Å². The number of allylic oxidation sites excluding steroid dienone is 1. The van der Waals surface area contributed by atoms with Crippen molar-refractivity contribution in [1.82, 2.24) is 0 Å². The summed E-state index contributed by atoms with van der Waals surface area (Å²) < 4.78 is 0.422. The average Bonchev–Trinajstić information content (AvgIpc) is 2.47. The summed E-state index contributed by atoms with van der Waals surface area (Å²) in [5.74, 6) is 3.08. The lowest BCUT2D eigenvalue weighted by Crippen LogP contribution is -2.57. The lowest BCUT2D eigenvalue weighted by atomic mass is 9.99. The lowest BCUT2D eigenvalue weighted by Gasteiger charge is -2.53. The molecule has 1 nitrogen and oxygen atoms in total. The zero-order valence-corrected chi connectivity index (χ0v) is 17.9. The van der Waals surface area contributed by atoms with E-state index in [4.69, 9.17) is 0 Å². The SMILES string of the molecule is C=CCCC(CO)CCC1([Si](C)(C)C(C)(C)C)SCCCS1. The zero-order valence-electron chi connectivity index (χ0n) is 15.3. The van der Waals surface area contributed by atoms with Gasteiger partial charge < -0.3 is 5.11 Å². The van der Waals surface area contributed by atoms with Gasteiger partial charge in [0.1, 0.15) is 0 Å². The predicted molar refractivity (Wildman–Crippen MR) is 109 cm³/mol. The van der Waals surface area contributed by atoms with Crippen molar-refractivity contribution < 1.29 is 5.11 Å². The summed E-state index contributed by atoms with van der Waals surface area (Å²) in [5.41, 5.74) is 0. The third kappa shape index (κ3) is 4.81. The van der Waals surface area contributed by atoms with Gasteiger partial charge in [-0.25, -0.2) is 0 Å². The number of aliphatic hydroxyl groups excluding tert-OH is 1. The Balaban J connectivity index is 2.86. The highest BCUT2D eigenvalue weighted by Gasteiger charge is 2.54. The van der Waals surface area contributed by atoms with Crippen LogP contribution in [0.1, 0.15) is 52.9 Å². The number of aliphatic hydroxyl groups is 1. The summed E-state index contributed by atoms with van der Waals surface area (Å²) in [4.78, 5) is 0. The van der Waals surface area contributed by atoms with Gasteiger partial charge in [-0.05, 0) is 54.6 Å². The minimum absolute atomic E-state index is 0.330. The van der Waals surface area contributed by atoms with Crippen molar-refractivity contribution in [1.29, 1.82) is 0 Å². The highest BCUT2D eigenvalue weighted by Crippen LogP contribution is 2.58. The van der Waals surface area contributed by atoms with E-state index < -0.39 is 8.07 Å². The standard InChI is InChI=1S/C18H36OS2Si/c1-7-8-10-16(15-19)11-12-18(20-13-9-14-21-18)22(5,6)17(2,3)4/h7,16,19H,1,8-15H2,2-6H3. The smallest absolute Gasteiger partial charge is 0.0835 e. The Bertz CT molecular complexity index is 343. The lowest BCUT2D eigenvalue weighted by molar-refractivity contribution is 0.209. The first kappa shape index (κ1) is 20.7. The van der Waals surface area contributed by atoms with E-state index in [1.165, 1.54) is 24.3 Å². The summed E-state index contributed by atoms with van der Waals surface area (Å²) in [6.45, 7) is 16.7. The third-order valence-electron chi connectivity index (χ3n) is 5.71. The number of rotatable bonds is 8. The van der Waals surface area contributed by atoms with Gasteiger partial charge in [-0.3, -0.25) is 0 Å². The van der Waals surface area contributed by atoms with Gasteiger partial charge in [0.25, 0.3) is 0 Å². The molecular weight excluding hydrogens is 324 g/mol. The minimum Gasteiger partial charge on any atom is -0.396 e. The average molecular weight is 361 g/mol. The largest absolute Gasteiger partial charge is 0.396 e. The van der Waals surface area contributed by atoms with Gasteiger partial charge in [0.15, 0.2) is 0 Å². The maximum atomic E-state index is 9.69. The molecule has 1 atom stereocenters. The number of thioether (sulfide) groups is 2. The molecule has 0 radical (unpaired) electrons. The van der Waals surface area contributed by atoms with Crippen LogP contribution in [0.5, 0.6) is 0 Å². The van der Waals surface area contributed by atoms with Gasteiger partial charge in [0.2, 0.25) is 0 Å². The van der Waals surface area contributed by atoms with Gasteiger partial charge in [0.05, 0.1) is 11.8 Å². The summed E-state index contributed by atoms with van der Waals surface area (Å²) in [7, 11) is -1.44. The fourth-order valence-corrected chi connectivity index (χ4v) is 13.1. The van der Waals surface area contributed by atoms with Crippen molar-refractivity contribution in [2.75, 3.05) is 18.1 Å². The van der Waals surface area contributed by atoms with Crippen molar-refractivity contribution in [3.05, 3.63) is 12.7 Å². The Morgan fingerprint density at radius 1 is 1.23 bits per heavy atom. The zero-order chi connectivity index (χ0) is 16.9. The molecule has 0 aromatic carbocycles. The van der Waals surface area contributed by atoms with Crippen LogP contribution in [0, 0.1) is 5.92 Å². The maximum Gasteiger partial charge on any atom is 0.0835 e. The van der Waals surface area contributed by atoms with E-state index in [0.717, 1.165) is 19.3 Å². The summed E-state index contributed by atoms with van der Waals surface area (Å²) in [5, 5.41) is 10.1. The Hall–Kier alpha value is 0.617. The molecule has 1 unspecified atom stereocenters. The fourth-order valence-electron chi connectivity index (χ4n) is 3.04. The predicted octanol–water partition coefficient (Wildman–Crippen LogP) is 5.96. The van der Waals surface area contributed by atoms with Crippen LogP contribution in [0.3, 0.4) is 0 Å². The van der Waals surface area contributed by atoms with Crippen molar-refractivity contribution in [2.45, 2.75) is 74.7 Å². The van der Waals surface area contributed by atoms with Gasteiger partial charge in [-0.1, -0.05) is 39.9 Å². The number of hydrogen-bond donors (Lipinski definition) is 1. The first-order valence-corrected chi connectivity index (χ1v) is 13.7. The molecule has 22 heavy (non-hydrogen) atoms. The number of hydrogen-bond acceptors (Lipinski definition) is 3. The van der Waals surface area contributed by atoms with Crippen LogP contribution in [0.15, 0.2) is 12.7 Å². The van der Waals surface area contributed by atoms with Crippen molar-refractivity contribution in [2.24, 2.45) is 5.92 Å². The molecule has 1 N–H and O–H groups in total. The van der Waals surface area contributed by atoms with E-state index in [9.17, 15) is 5.11 Å². The second kappa shape index (κ2) is 8.64. The minimum atomic E-state index is -1.44. The Labute approximate surface area is 148 Å². The summed E-state index contributed by atoms with van der Waals surface area (Å²) in [6.07, 6.45) is 7.88. The molecule has 0 bridgehead atoms. The fraction of sp³-hybridized carbons (Fsp3) is 0.889. The Morgan fingerprint density at radius 2 is 1.82 bits per heavy atom. The van der Waals surface area contributed by atoms with Crippen molar-refractivity contribution in [3.63, 3.8) is 0 Å². The monoisotopic (exact) mass is 360 g/mol. The maximum absolute atomic E-state index is 9.69. The Morgan fingerprint density at radius 3 is 2.27 bits per heavy atom. The van der Waals surface area contributed by atoms with E-state index in [1.54, 1.807) is 0 Å². The van der Waals surface area contributed by atoms with Crippen LogP contribution in [0.25, 0.3) is 0 Å². The van der Waals surface area contributed by atoms with E-state index in [-0.39, 0.29) is 0 Å². The first-order chi connectivity index (χ1) is 10.2. The highest BCUT2D eigenvalue weighted by molar-refractivity contribution is 8.21. The van der Waals surface area contributed by atoms with Gasteiger partial charge in [-0.2, -0.15) is 0 Å². The Kier molecular flexibility index (Phi) is 8.11. The van der Waals surface area contributed by atoms with Gasteiger partial charge in [0, 0.05) is 6.61 Å². The molecule has 1 fully saturated rings. The summed E-state index contributed by atoms with van der Waals surface area (Å²) in [6, 6.07) is 0. The first-order valence-electron chi connectivity index (χ1n) is 8.70. The molecule has 1 aliphatic heterocycles. The molecule has 0 aliphatic carbocycles. The molecular formula is C18H36OS2Si. The van der Waals surface area contributed by atoms with Crippen LogP contribution in [-0.4, -0.2) is 35.0 Å². The molecule has 1 saturated heterocycles. The van der Waals surface area contributed by atoms with Crippen LogP contribution >= 0.6 is 23.5 Å². The molecule has 1 heterocycles. The molecule has 1 aliphatic rings. The van der Waals surface area contributed by atoms with Crippen molar-refractivity contribution >= 4 is 31.6 Å². The third-order valence-corrected chi connectivity index (χ3v) is 18.6. The molecule has 0 aromatic rings. The van der Waals surface area contributed by atoms with E-state index in [2.05, 4.69) is 64.0 Å². The second-order valence-corrected chi connectivity index (χ2v) is 17.5. The van der Waals surface area contributed by atoms with E-state index in [1.807, 2.05) is 6.08 Å². The topological polar surface area (TPSA) is 20.2 Å². The quantitative estimate of drug-likeness (QED) is 0.426. The molecule has 0 saturated carbocycles. The molecule has 4 heteroatoms. The van der Waals surface area contributed by atoms with Crippen molar-refractivity contribution in [3.8, 4) is 0 Å². The molecule has 130 valence electrons. The van der Waals surface area contributed by atoms with Crippen LogP contribution in [0.2, 0.25) is 18.1 Å². The highest BCUT2D eigenvalue weighted by atomic mass is 32.2.